The number of hydrazine groups is 1. The summed E-state index contributed by atoms with van der Waals surface area (Å²) >= 11 is 0. The lowest BCUT2D eigenvalue weighted by atomic mass is 9.86. The second-order valence-electron chi connectivity index (χ2n) is 14.0. The van der Waals surface area contributed by atoms with Gasteiger partial charge in [0.05, 0.1) is 37.0 Å². The zero-order valence-corrected chi connectivity index (χ0v) is 29.1. The van der Waals surface area contributed by atoms with Crippen LogP contribution in [0.25, 0.3) is 11.3 Å². The monoisotopic (exact) mass is 727 g/mol. The highest BCUT2D eigenvalue weighted by atomic mass is 19.4. The number of aliphatic hydroxyl groups is 1. The van der Waals surface area contributed by atoms with E-state index < -0.39 is 60.1 Å². The fourth-order valence-electron chi connectivity index (χ4n) is 6.17. The molecule has 0 spiro atoms. The normalized spacial score (nSPS) is 20.4. The molecule has 2 fully saturated rings. The van der Waals surface area contributed by atoms with Gasteiger partial charge in [0.25, 0.3) is 5.91 Å². The number of nitrogens with zero attached hydrogens (tertiary/aromatic N) is 2. The Labute approximate surface area is 300 Å². The van der Waals surface area contributed by atoms with Crippen molar-refractivity contribution in [1.29, 1.82) is 0 Å². The molecule has 0 aliphatic carbocycles. The van der Waals surface area contributed by atoms with Crippen molar-refractivity contribution in [3.8, 4) is 11.3 Å². The zero-order chi connectivity index (χ0) is 37.5. The van der Waals surface area contributed by atoms with Gasteiger partial charge in [-0.1, -0.05) is 81.4 Å². The molecule has 3 heterocycles. The molecular formula is C37H44F3N5O7. The Kier molecular flexibility index (Phi) is 12.5. The molecule has 52 heavy (non-hydrogen) atoms. The number of benzene rings is 2. The van der Waals surface area contributed by atoms with E-state index in [2.05, 4.69) is 15.7 Å². The number of carbonyl (C=O) groups excluding carboxylic acids is 3. The number of pyridine rings is 1. The first-order valence-electron chi connectivity index (χ1n) is 17.0. The number of nitrogens with one attached hydrogen (secondary N) is 3. The lowest BCUT2D eigenvalue weighted by Gasteiger charge is -2.35. The highest BCUT2D eigenvalue weighted by Gasteiger charge is 2.45. The zero-order valence-electron chi connectivity index (χ0n) is 29.1. The largest absolute Gasteiger partial charge is 0.471 e. The number of alkyl halides is 3. The predicted molar refractivity (Wildman–Crippen MR) is 183 cm³/mol. The summed E-state index contributed by atoms with van der Waals surface area (Å²) in [4.78, 5) is 43.2. The molecule has 0 radical (unpaired) electrons. The Balaban J connectivity index is 1.37. The topological polar surface area (TPSA) is 151 Å². The van der Waals surface area contributed by atoms with Crippen molar-refractivity contribution in [3.63, 3.8) is 0 Å². The Bertz CT molecular complexity index is 1640. The number of halogens is 3. The average molecular weight is 728 g/mol. The van der Waals surface area contributed by atoms with E-state index in [1.165, 1.54) is 25.8 Å². The molecule has 280 valence electrons. The third kappa shape index (κ3) is 10.5. The number of hydrogen-bond acceptors (Lipinski definition) is 9. The molecule has 1 aromatic heterocycles. The van der Waals surface area contributed by atoms with Crippen molar-refractivity contribution in [1.82, 2.24) is 26.1 Å². The first-order chi connectivity index (χ1) is 24.7. The first kappa shape index (κ1) is 38.7. The van der Waals surface area contributed by atoms with E-state index in [1.54, 1.807) is 24.4 Å². The number of alkyl carbamates (subject to hydrolysis) is 1. The maximum absolute atomic E-state index is 13.7. The quantitative estimate of drug-likeness (QED) is 0.191. The van der Waals surface area contributed by atoms with Crippen LogP contribution in [0.15, 0.2) is 79.0 Å². The summed E-state index contributed by atoms with van der Waals surface area (Å²) in [7, 11) is 0. The van der Waals surface area contributed by atoms with Crippen molar-refractivity contribution in [2.75, 3.05) is 19.8 Å². The van der Waals surface area contributed by atoms with Crippen molar-refractivity contribution in [3.05, 3.63) is 90.1 Å². The number of amides is 3. The molecule has 2 saturated heterocycles. The Morgan fingerprint density at radius 1 is 0.962 bits per heavy atom. The van der Waals surface area contributed by atoms with Crippen LogP contribution >= 0.6 is 0 Å². The third-order valence-corrected chi connectivity index (χ3v) is 8.93. The molecule has 2 aromatic carbocycles. The second-order valence-corrected chi connectivity index (χ2v) is 14.0. The van der Waals surface area contributed by atoms with E-state index in [0.29, 0.717) is 18.6 Å². The molecule has 3 aromatic rings. The average Bonchev–Trinajstić information content (AvgIpc) is 3.72. The number of ether oxygens (including phenoxy) is 3. The van der Waals surface area contributed by atoms with Gasteiger partial charge in [-0.25, -0.2) is 9.80 Å². The van der Waals surface area contributed by atoms with Gasteiger partial charge in [-0.05, 0) is 41.5 Å². The molecule has 6 unspecified atom stereocenters. The molecule has 0 bridgehead atoms. The molecule has 0 saturated carbocycles. The van der Waals surface area contributed by atoms with Crippen LogP contribution in [-0.2, 0) is 36.8 Å². The van der Waals surface area contributed by atoms with E-state index in [1.807, 2.05) is 59.9 Å². The van der Waals surface area contributed by atoms with Crippen molar-refractivity contribution in [2.24, 2.45) is 11.3 Å². The van der Waals surface area contributed by atoms with E-state index in [-0.39, 0.29) is 32.0 Å². The Morgan fingerprint density at radius 2 is 1.67 bits per heavy atom. The minimum atomic E-state index is -5.21. The van der Waals surface area contributed by atoms with E-state index in [0.717, 1.165) is 16.8 Å². The summed E-state index contributed by atoms with van der Waals surface area (Å²) in [5.74, 6) is -3.29. The van der Waals surface area contributed by atoms with Gasteiger partial charge >= 0.3 is 18.2 Å². The highest BCUT2D eigenvalue weighted by Crippen LogP contribution is 2.33. The van der Waals surface area contributed by atoms with Gasteiger partial charge in [0.1, 0.15) is 12.1 Å². The van der Waals surface area contributed by atoms with Gasteiger partial charge < -0.3 is 30.0 Å². The molecule has 12 nitrogen and oxygen atoms in total. The third-order valence-electron chi connectivity index (χ3n) is 8.93. The van der Waals surface area contributed by atoms with E-state index in [9.17, 15) is 32.7 Å². The van der Waals surface area contributed by atoms with Crippen LogP contribution < -0.4 is 16.1 Å². The van der Waals surface area contributed by atoms with Crippen molar-refractivity contribution < 1.29 is 46.9 Å². The van der Waals surface area contributed by atoms with Gasteiger partial charge in [0.2, 0.25) is 0 Å². The Morgan fingerprint density at radius 3 is 2.33 bits per heavy atom. The second kappa shape index (κ2) is 16.8. The fourth-order valence-corrected chi connectivity index (χ4v) is 6.17. The van der Waals surface area contributed by atoms with Crippen LogP contribution in [0.4, 0.5) is 18.0 Å². The number of carbonyl (C=O) groups is 3. The number of hydrogen-bond donors (Lipinski definition) is 4. The number of aliphatic hydroxyl groups excluding tert-OH is 1. The van der Waals surface area contributed by atoms with Crippen molar-refractivity contribution in [2.45, 2.75) is 76.9 Å². The van der Waals surface area contributed by atoms with Crippen molar-refractivity contribution >= 4 is 17.9 Å². The van der Waals surface area contributed by atoms with Gasteiger partial charge in [0.15, 0.2) is 6.29 Å². The summed E-state index contributed by atoms with van der Waals surface area (Å²) in [5.41, 5.74) is 4.54. The first-order valence-corrected chi connectivity index (χ1v) is 17.0. The molecule has 15 heteroatoms. The summed E-state index contributed by atoms with van der Waals surface area (Å²) in [6.07, 6.45) is -5.76. The van der Waals surface area contributed by atoms with Gasteiger partial charge in [0, 0.05) is 24.8 Å². The smallest absolute Gasteiger partial charge is 0.443 e. The van der Waals surface area contributed by atoms with Crippen LogP contribution in [-0.4, -0.2) is 89.5 Å². The fraction of sp³-hybridized carbons (Fsp3) is 0.459. The predicted octanol–water partition coefficient (Wildman–Crippen LogP) is 4.13. The van der Waals surface area contributed by atoms with Gasteiger partial charge in [-0.3, -0.25) is 20.0 Å². The standard InChI is InChI=1S/C37H44F3N5O7/c1-36(2,3)31(43-34(48)37(38,39)40)32(47)44-45(20-24-12-14-25(15-13-24)27-11-7-8-17-41-27)21-29(46)28(19-23-9-5-4-6-10-23)42-35(49)52-30-22-51-33-26(30)16-18-50-33/h4-15,17,26,28-31,33,46H,16,18-22H2,1-3H3,(H,42,49)(H,43,48)(H,44,47). The molecule has 4 N–H and O–H groups in total. The molecule has 3 amide bonds. The van der Waals surface area contributed by atoms with Gasteiger partial charge in [-0.2, -0.15) is 13.2 Å². The lowest BCUT2D eigenvalue weighted by molar-refractivity contribution is -0.175. The SMILES string of the molecule is CC(C)(C)C(NC(=O)C(F)(F)F)C(=O)NN(Cc1ccc(-c2ccccn2)cc1)CC(O)C(Cc1ccccc1)NC(=O)OC1COC2OCCC12. The van der Waals surface area contributed by atoms with Crippen LogP contribution in [0, 0.1) is 11.3 Å². The van der Waals surface area contributed by atoms with Gasteiger partial charge in [-0.15, -0.1) is 0 Å². The maximum atomic E-state index is 13.7. The number of aromatic nitrogens is 1. The maximum Gasteiger partial charge on any atom is 0.471 e. The van der Waals surface area contributed by atoms with E-state index >= 15 is 0 Å². The summed E-state index contributed by atoms with van der Waals surface area (Å²) in [6, 6.07) is 19.4. The summed E-state index contributed by atoms with van der Waals surface area (Å²) in [6.45, 7) is 4.95. The highest BCUT2D eigenvalue weighted by molar-refractivity contribution is 5.90. The van der Waals surface area contributed by atoms with E-state index in [4.69, 9.17) is 14.2 Å². The molecule has 2 aliphatic rings. The summed E-state index contributed by atoms with van der Waals surface area (Å²) in [5, 5.41) is 17.6. The minimum absolute atomic E-state index is 0.000360. The summed E-state index contributed by atoms with van der Waals surface area (Å²) < 4.78 is 56.6. The number of fused-ring (bicyclic) bond motifs is 1. The Hall–Kier alpha value is -4.57. The van der Waals surface area contributed by atoms with Crippen LogP contribution in [0.5, 0.6) is 0 Å². The molecule has 6 atom stereocenters. The molecular weight excluding hydrogens is 683 g/mol. The number of rotatable bonds is 13. The lowest BCUT2D eigenvalue weighted by Crippen LogP contribution is -2.60. The molecule has 5 rings (SSSR count). The molecule has 2 aliphatic heterocycles. The van der Waals surface area contributed by atoms with Crippen LogP contribution in [0.2, 0.25) is 0 Å². The van der Waals surface area contributed by atoms with Crippen LogP contribution in [0.1, 0.15) is 38.3 Å². The minimum Gasteiger partial charge on any atom is -0.443 e. The van der Waals surface area contributed by atoms with Crippen LogP contribution in [0.3, 0.4) is 0 Å².